The molecule has 0 saturated carbocycles. The minimum absolute atomic E-state index is 0.0375. The molecule has 0 radical (unpaired) electrons. The molecule has 0 bridgehead atoms. The van der Waals surface area contributed by atoms with Gasteiger partial charge in [-0.05, 0) is 6.42 Å². The van der Waals surface area contributed by atoms with Gasteiger partial charge in [0, 0.05) is 13.5 Å². The lowest BCUT2D eigenvalue weighted by atomic mass is 10.1. The molecule has 22 heavy (non-hydrogen) atoms. The maximum Gasteiger partial charge on any atom is 0.472 e. The number of rotatable bonds is 15. The maximum absolute atomic E-state index is 11.4. The van der Waals surface area contributed by atoms with Crippen molar-refractivity contribution in [1.82, 2.24) is 0 Å². The summed E-state index contributed by atoms with van der Waals surface area (Å²) in [5.41, 5.74) is 0. The summed E-state index contributed by atoms with van der Waals surface area (Å²) in [4.78, 5) is 20.4. The lowest BCUT2D eigenvalue weighted by molar-refractivity contribution is -0.144. The quantitative estimate of drug-likeness (QED) is 0.273. The molecule has 0 heterocycles. The molecule has 7 heteroatoms. The number of ether oxygens (including phenoxy) is 1. The zero-order valence-electron chi connectivity index (χ0n) is 13.9. The van der Waals surface area contributed by atoms with E-state index in [0.717, 1.165) is 26.4 Å². The van der Waals surface area contributed by atoms with Crippen molar-refractivity contribution in [2.45, 2.75) is 71.1 Å². The fourth-order valence-electron chi connectivity index (χ4n) is 2.01. The fourth-order valence-corrected chi connectivity index (χ4v) is 2.42. The Labute approximate surface area is 134 Å². The summed E-state index contributed by atoms with van der Waals surface area (Å²) in [5, 5.41) is 0. The van der Waals surface area contributed by atoms with Crippen LogP contribution in [-0.2, 0) is 23.1 Å². The van der Waals surface area contributed by atoms with Crippen LogP contribution in [0.3, 0.4) is 0 Å². The van der Waals surface area contributed by atoms with E-state index >= 15 is 0 Å². The van der Waals surface area contributed by atoms with Crippen LogP contribution in [0.4, 0.5) is 0 Å². The maximum atomic E-state index is 11.4. The monoisotopic (exact) mass is 338 g/mol. The van der Waals surface area contributed by atoms with Crippen LogP contribution in [-0.4, -0.2) is 31.2 Å². The average Bonchev–Trinajstić information content (AvgIpc) is 2.50. The molecule has 6 nitrogen and oxygen atoms in total. The number of phosphoric acid groups is 1. The fraction of sp³-hybridized carbons (Fsp3) is 0.933. The Bertz CT molecular complexity index is 321. The Balaban J connectivity index is 3.31. The predicted octanol–water partition coefficient (Wildman–Crippen LogP) is 4.21. The van der Waals surface area contributed by atoms with Crippen molar-refractivity contribution in [2.24, 2.45) is 0 Å². The van der Waals surface area contributed by atoms with E-state index in [1.165, 1.54) is 38.5 Å². The van der Waals surface area contributed by atoms with Crippen LogP contribution < -0.4 is 0 Å². The molecule has 1 atom stereocenters. The molecule has 0 fully saturated rings. The first kappa shape index (κ1) is 21.6. The molecule has 1 unspecified atom stereocenters. The first-order valence-corrected chi connectivity index (χ1v) is 9.70. The van der Waals surface area contributed by atoms with Gasteiger partial charge in [0.05, 0.1) is 6.61 Å². The van der Waals surface area contributed by atoms with Crippen molar-refractivity contribution in [2.75, 3.05) is 20.3 Å². The van der Waals surface area contributed by atoms with Gasteiger partial charge < -0.3 is 9.63 Å². The highest BCUT2D eigenvalue weighted by Crippen LogP contribution is 2.41. The Hall–Kier alpha value is -0.420. The lowest BCUT2D eigenvalue weighted by Crippen LogP contribution is -2.10. The predicted molar refractivity (Wildman–Crippen MR) is 85.6 cm³/mol. The van der Waals surface area contributed by atoms with E-state index in [1.54, 1.807) is 0 Å². The van der Waals surface area contributed by atoms with Gasteiger partial charge in [-0.1, -0.05) is 58.3 Å². The molecule has 0 rings (SSSR count). The first-order valence-electron chi connectivity index (χ1n) is 8.20. The van der Waals surface area contributed by atoms with Crippen LogP contribution in [0.5, 0.6) is 0 Å². The third-order valence-electron chi connectivity index (χ3n) is 3.32. The average molecular weight is 338 g/mol. The summed E-state index contributed by atoms with van der Waals surface area (Å²) in [6.07, 6.45) is 11.2. The highest BCUT2D eigenvalue weighted by Gasteiger charge is 2.17. The van der Waals surface area contributed by atoms with Crippen LogP contribution >= 0.6 is 7.82 Å². The summed E-state index contributed by atoms with van der Waals surface area (Å²) in [7, 11) is -2.89. The second-order valence-corrected chi connectivity index (χ2v) is 6.84. The smallest absolute Gasteiger partial charge is 0.463 e. The minimum atomic E-state index is -3.97. The van der Waals surface area contributed by atoms with Crippen molar-refractivity contribution in [3.05, 3.63) is 0 Å². The zero-order chi connectivity index (χ0) is 16.7. The van der Waals surface area contributed by atoms with Crippen LogP contribution in [0.25, 0.3) is 0 Å². The van der Waals surface area contributed by atoms with Gasteiger partial charge >= 0.3 is 13.8 Å². The highest BCUT2D eigenvalue weighted by atomic mass is 31.2. The second-order valence-electron chi connectivity index (χ2n) is 5.28. The van der Waals surface area contributed by atoms with Crippen LogP contribution in [0, 0.1) is 0 Å². The molecule has 0 aliphatic carbocycles. The summed E-state index contributed by atoms with van der Waals surface area (Å²) in [6, 6.07) is 0. The van der Waals surface area contributed by atoms with Crippen molar-refractivity contribution in [3.8, 4) is 0 Å². The van der Waals surface area contributed by atoms with Gasteiger partial charge in [0.1, 0.15) is 6.61 Å². The Morgan fingerprint density at radius 3 is 2.05 bits per heavy atom. The molecule has 0 aromatic rings. The number of esters is 1. The van der Waals surface area contributed by atoms with E-state index in [2.05, 4.69) is 16.0 Å². The minimum Gasteiger partial charge on any atom is -0.463 e. The van der Waals surface area contributed by atoms with Crippen LogP contribution in [0.2, 0.25) is 0 Å². The Morgan fingerprint density at radius 1 is 0.955 bits per heavy atom. The number of unbranched alkanes of at least 4 members (excludes halogenated alkanes) is 8. The van der Waals surface area contributed by atoms with Crippen molar-refractivity contribution in [3.63, 3.8) is 0 Å². The third-order valence-corrected chi connectivity index (χ3v) is 4.29. The van der Waals surface area contributed by atoms with Gasteiger partial charge in [0.2, 0.25) is 0 Å². The van der Waals surface area contributed by atoms with Gasteiger partial charge in [-0.2, -0.15) is 0 Å². The summed E-state index contributed by atoms with van der Waals surface area (Å²) in [5.74, 6) is -0.295. The number of carbonyl (C=O) groups is 1. The molecule has 1 N–H and O–H groups in total. The van der Waals surface area contributed by atoms with Gasteiger partial charge in [-0.3, -0.25) is 13.8 Å². The van der Waals surface area contributed by atoms with Crippen molar-refractivity contribution >= 4 is 13.8 Å². The lowest BCUT2D eigenvalue weighted by Gasteiger charge is -2.09. The number of carbonyl (C=O) groups excluding carboxylic acids is 1. The second kappa shape index (κ2) is 14.2. The SMILES string of the molecule is CCCCCCCCCCCC(=O)OCCOP(=O)(O)OC. The Kier molecular flexibility index (Phi) is 13.9. The van der Waals surface area contributed by atoms with Crippen molar-refractivity contribution < 1.29 is 28.0 Å². The van der Waals surface area contributed by atoms with E-state index in [4.69, 9.17) is 9.63 Å². The van der Waals surface area contributed by atoms with E-state index in [1.807, 2.05) is 0 Å². The van der Waals surface area contributed by atoms with Gasteiger partial charge in [-0.25, -0.2) is 4.57 Å². The standard InChI is InChI=1S/C15H31O6P/c1-3-4-5-6-7-8-9-10-11-12-15(16)20-13-14-21-22(17,18)19-2/h3-14H2,1-2H3,(H,17,18). The van der Waals surface area contributed by atoms with Crippen molar-refractivity contribution in [1.29, 1.82) is 0 Å². The van der Waals surface area contributed by atoms with Gasteiger partial charge in [-0.15, -0.1) is 0 Å². The molecule has 0 aromatic carbocycles. The number of hydrogen-bond donors (Lipinski definition) is 1. The molecular weight excluding hydrogens is 307 g/mol. The molecule has 132 valence electrons. The molecular formula is C15H31O6P. The molecule has 0 saturated heterocycles. The third kappa shape index (κ3) is 14.5. The molecule has 0 aliphatic heterocycles. The van der Waals surface area contributed by atoms with Gasteiger partial charge in [0.15, 0.2) is 0 Å². The van der Waals surface area contributed by atoms with E-state index in [-0.39, 0.29) is 19.2 Å². The molecule has 0 aliphatic rings. The van der Waals surface area contributed by atoms with E-state index in [0.29, 0.717) is 6.42 Å². The largest absolute Gasteiger partial charge is 0.472 e. The van der Waals surface area contributed by atoms with Crippen LogP contribution in [0.1, 0.15) is 71.1 Å². The molecule has 0 aromatic heterocycles. The zero-order valence-corrected chi connectivity index (χ0v) is 14.8. The first-order chi connectivity index (χ1) is 10.5. The van der Waals surface area contributed by atoms with Crippen LogP contribution in [0.15, 0.2) is 0 Å². The Morgan fingerprint density at radius 2 is 1.50 bits per heavy atom. The topological polar surface area (TPSA) is 82.1 Å². The van der Waals surface area contributed by atoms with E-state index < -0.39 is 7.82 Å². The number of phosphoric ester groups is 1. The molecule has 0 amide bonds. The summed E-state index contributed by atoms with van der Waals surface area (Å²) in [6.45, 7) is 2.03. The summed E-state index contributed by atoms with van der Waals surface area (Å²) >= 11 is 0. The van der Waals surface area contributed by atoms with Gasteiger partial charge in [0.25, 0.3) is 0 Å². The highest BCUT2D eigenvalue weighted by molar-refractivity contribution is 7.47. The number of hydrogen-bond acceptors (Lipinski definition) is 5. The van der Waals surface area contributed by atoms with E-state index in [9.17, 15) is 9.36 Å². The summed E-state index contributed by atoms with van der Waals surface area (Å²) < 4.78 is 24.6. The molecule has 0 spiro atoms. The normalized spacial score (nSPS) is 13.8.